The first-order chi connectivity index (χ1) is 5.66. The lowest BCUT2D eigenvalue weighted by Gasteiger charge is -2.12. The van der Waals surface area contributed by atoms with Crippen LogP contribution in [0.25, 0.3) is 0 Å². The van der Waals surface area contributed by atoms with Crippen molar-refractivity contribution >= 4 is 11.8 Å². The van der Waals surface area contributed by atoms with E-state index in [1.807, 2.05) is 11.8 Å². The Balaban J connectivity index is 3.14. The average molecular weight is 191 g/mol. The summed E-state index contributed by atoms with van der Waals surface area (Å²) in [5.74, 6) is 1.18. The summed E-state index contributed by atoms with van der Waals surface area (Å²) in [6.45, 7) is 5.17. The standard InChI is InChI=1S/C9H21NOS/c1-8(10)7-9(2)12-6-4-5-11-3/h8-9H,4-7,10H2,1-3H3. The molecule has 74 valence electrons. The number of rotatable bonds is 7. The molecule has 2 N–H and O–H groups in total. The maximum atomic E-state index is 5.69. The monoisotopic (exact) mass is 191 g/mol. The number of methoxy groups -OCH3 is 1. The van der Waals surface area contributed by atoms with Crippen molar-refractivity contribution in [1.82, 2.24) is 0 Å². The van der Waals surface area contributed by atoms with Gasteiger partial charge in [-0.25, -0.2) is 0 Å². The van der Waals surface area contributed by atoms with Crippen LogP contribution < -0.4 is 5.73 Å². The molecule has 0 aromatic carbocycles. The van der Waals surface area contributed by atoms with Crippen molar-refractivity contribution < 1.29 is 4.74 Å². The molecular weight excluding hydrogens is 170 g/mol. The van der Waals surface area contributed by atoms with Gasteiger partial charge in [0.05, 0.1) is 0 Å². The Hall–Kier alpha value is 0.270. The van der Waals surface area contributed by atoms with Gasteiger partial charge >= 0.3 is 0 Å². The van der Waals surface area contributed by atoms with E-state index in [1.54, 1.807) is 7.11 Å². The largest absolute Gasteiger partial charge is 0.385 e. The molecule has 0 saturated carbocycles. The third kappa shape index (κ3) is 8.37. The van der Waals surface area contributed by atoms with Gasteiger partial charge in [-0.2, -0.15) is 11.8 Å². The number of nitrogens with two attached hydrogens (primary N) is 1. The van der Waals surface area contributed by atoms with Crippen molar-refractivity contribution in [3.63, 3.8) is 0 Å². The summed E-state index contributed by atoms with van der Waals surface area (Å²) < 4.78 is 4.97. The lowest BCUT2D eigenvalue weighted by atomic mass is 10.2. The fourth-order valence-corrected chi connectivity index (χ4v) is 2.21. The van der Waals surface area contributed by atoms with Gasteiger partial charge in [0.25, 0.3) is 0 Å². The lowest BCUT2D eigenvalue weighted by molar-refractivity contribution is 0.200. The normalized spacial score (nSPS) is 16.0. The molecule has 2 atom stereocenters. The summed E-state index contributed by atoms with van der Waals surface area (Å²) in [5.41, 5.74) is 5.69. The van der Waals surface area contributed by atoms with E-state index < -0.39 is 0 Å². The Labute approximate surface area is 80.2 Å². The van der Waals surface area contributed by atoms with Gasteiger partial charge in [-0.1, -0.05) is 6.92 Å². The Morgan fingerprint density at radius 1 is 1.42 bits per heavy atom. The molecule has 0 aromatic heterocycles. The zero-order valence-electron chi connectivity index (χ0n) is 8.38. The molecule has 0 fully saturated rings. The Morgan fingerprint density at radius 3 is 2.58 bits per heavy atom. The first-order valence-electron chi connectivity index (χ1n) is 4.53. The molecule has 0 aliphatic rings. The van der Waals surface area contributed by atoms with Crippen LogP contribution in [0.5, 0.6) is 0 Å². The van der Waals surface area contributed by atoms with E-state index in [9.17, 15) is 0 Å². The van der Waals surface area contributed by atoms with E-state index >= 15 is 0 Å². The van der Waals surface area contributed by atoms with Crippen molar-refractivity contribution in [3.8, 4) is 0 Å². The predicted molar refractivity (Wildman–Crippen MR) is 56.7 cm³/mol. The molecule has 0 bridgehead atoms. The van der Waals surface area contributed by atoms with E-state index in [2.05, 4.69) is 13.8 Å². The molecule has 0 radical (unpaired) electrons. The molecule has 0 amide bonds. The van der Waals surface area contributed by atoms with Crippen molar-refractivity contribution in [1.29, 1.82) is 0 Å². The van der Waals surface area contributed by atoms with Gasteiger partial charge in [0.1, 0.15) is 0 Å². The van der Waals surface area contributed by atoms with Gasteiger partial charge in [-0.05, 0) is 25.5 Å². The van der Waals surface area contributed by atoms with Gasteiger partial charge < -0.3 is 10.5 Å². The highest BCUT2D eigenvalue weighted by atomic mass is 32.2. The molecule has 0 heterocycles. The summed E-state index contributed by atoms with van der Waals surface area (Å²) in [6.07, 6.45) is 2.25. The number of hydrogen-bond acceptors (Lipinski definition) is 3. The molecule has 0 rings (SSSR count). The minimum absolute atomic E-state index is 0.329. The van der Waals surface area contributed by atoms with E-state index in [0.717, 1.165) is 19.4 Å². The molecule has 2 nitrogen and oxygen atoms in total. The van der Waals surface area contributed by atoms with E-state index in [4.69, 9.17) is 10.5 Å². The van der Waals surface area contributed by atoms with E-state index in [-0.39, 0.29) is 0 Å². The highest BCUT2D eigenvalue weighted by molar-refractivity contribution is 7.99. The van der Waals surface area contributed by atoms with Gasteiger partial charge in [-0.15, -0.1) is 0 Å². The molecule has 12 heavy (non-hydrogen) atoms. The van der Waals surface area contributed by atoms with Crippen LogP contribution in [-0.4, -0.2) is 30.8 Å². The molecule has 0 spiro atoms. The third-order valence-electron chi connectivity index (χ3n) is 1.60. The zero-order chi connectivity index (χ0) is 9.40. The van der Waals surface area contributed by atoms with E-state index in [0.29, 0.717) is 11.3 Å². The van der Waals surface area contributed by atoms with Gasteiger partial charge in [-0.3, -0.25) is 0 Å². The van der Waals surface area contributed by atoms with Crippen LogP contribution in [0.3, 0.4) is 0 Å². The van der Waals surface area contributed by atoms with Gasteiger partial charge in [0, 0.05) is 25.0 Å². The van der Waals surface area contributed by atoms with Crippen LogP contribution in [0.1, 0.15) is 26.7 Å². The third-order valence-corrected chi connectivity index (χ3v) is 2.88. The topological polar surface area (TPSA) is 35.2 Å². The molecule has 0 saturated heterocycles. The fourth-order valence-electron chi connectivity index (χ4n) is 1.08. The minimum atomic E-state index is 0.329. The smallest absolute Gasteiger partial charge is 0.0470 e. The van der Waals surface area contributed by atoms with E-state index in [1.165, 1.54) is 5.75 Å². The molecular formula is C9H21NOS. The highest BCUT2D eigenvalue weighted by Crippen LogP contribution is 2.15. The fraction of sp³-hybridized carbons (Fsp3) is 1.00. The van der Waals surface area contributed by atoms with Crippen LogP contribution in [-0.2, 0) is 4.74 Å². The maximum absolute atomic E-state index is 5.69. The summed E-state index contributed by atoms with van der Waals surface area (Å²) in [5, 5.41) is 0.682. The van der Waals surface area contributed by atoms with Crippen molar-refractivity contribution in [2.24, 2.45) is 5.73 Å². The van der Waals surface area contributed by atoms with Crippen LogP contribution in [0.2, 0.25) is 0 Å². The van der Waals surface area contributed by atoms with Crippen molar-refractivity contribution in [3.05, 3.63) is 0 Å². The summed E-state index contributed by atoms with van der Waals surface area (Å²) in [4.78, 5) is 0. The first-order valence-corrected chi connectivity index (χ1v) is 5.57. The summed E-state index contributed by atoms with van der Waals surface area (Å²) >= 11 is 1.98. The summed E-state index contributed by atoms with van der Waals surface area (Å²) in [6, 6.07) is 0.329. The average Bonchev–Trinajstić information content (AvgIpc) is 1.97. The second kappa shape index (κ2) is 7.90. The Bertz CT molecular complexity index is 98.5. The van der Waals surface area contributed by atoms with Crippen LogP contribution >= 0.6 is 11.8 Å². The highest BCUT2D eigenvalue weighted by Gasteiger charge is 2.04. The molecule has 3 heteroatoms. The number of thioether (sulfide) groups is 1. The molecule has 0 aromatic rings. The second-order valence-electron chi connectivity index (χ2n) is 3.24. The van der Waals surface area contributed by atoms with Crippen LogP contribution in [0, 0.1) is 0 Å². The molecule has 2 unspecified atom stereocenters. The number of ether oxygens (including phenoxy) is 1. The van der Waals surface area contributed by atoms with Gasteiger partial charge in [0.15, 0.2) is 0 Å². The SMILES string of the molecule is COCCCSC(C)CC(C)N. The molecule has 0 aliphatic heterocycles. The minimum Gasteiger partial charge on any atom is -0.385 e. The lowest BCUT2D eigenvalue weighted by Crippen LogP contribution is -2.19. The zero-order valence-corrected chi connectivity index (χ0v) is 9.19. The summed E-state index contributed by atoms with van der Waals surface area (Å²) in [7, 11) is 1.75. The predicted octanol–water partition coefficient (Wildman–Crippen LogP) is 1.88. The Kier molecular flexibility index (Phi) is 8.07. The van der Waals surface area contributed by atoms with Gasteiger partial charge in [0.2, 0.25) is 0 Å². The Morgan fingerprint density at radius 2 is 2.08 bits per heavy atom. The van der Waals surface area contributed by atoms with Crippen molar-refractivity contribution in [2.75, 3.05) is 19.5 Å². The maximum Gasteiger partial charge on any atom is 0.0470 e. The first kappa shape index (κ1) is 12.3. The number of hydrogen-bond donors (Lipinski definition) is 1. The van der Waals surface area contributed by atoms with Crippen LogP contribution in [0.4, 0.5) is 0 Å². The second-order valence-corrected chi connectivity index (χ2v) is 4.79. The molecule has 0 aliphatic carbocycles. The van der Waals surface area contributed by atoms with Crippen LogP contribution in [0.15, 0.2) is 0 Å². The van der Waals surface area contributed by atoms with Crippen molar-refractivity contribution in [2.45, 2.75) is 38.0 Å². The quantitative estimate of drug-likeness (QED) is 0.624.